The Kier molecular flexibility index (Phi) is 3.93. The van der Waals surface area contributed by atoms with Gasteiger partial charge in [-0.15, -0.1) is 0 Å². The fourth-order valence-electron chi connectivity index (χ4n) is 2.60. The van der Waals surface area contributed by atoms with Crippen molar-refractivity contribution >= 4 is 11.6 Å². The number of phenols is 1. The maximum Gasteiger partial charge on any atom is 0.271 e. The van der Waals surface area contributed by atoms with E-state index in [0.29, 0.717) is 5.56 Å². The van der Waals surface area contributed by atoms with E-state index >= 15 is 0 Å². The predicted octanol–water partition coefficient (Wildman–Crippen LogP) is 3.24. The van der Waals surface area contributed by atoms with E-state index in [2.05, 4.69) is 31.3 Å². The van der Waals surface area contributed by atoms with Crippen molar-refractivity contribution in [3.63, 3.8) is 0 Å². The molecule has 2 rings (SSSR count). The first-order chi connectivity index (χ1) is 9.35. The zero-order valence-corrected chi connectivity index (χ0v) is 12.1. The van der Waals surface area contributed by atoms with Gasteiger partial charge in [-0.1, -0.05) is 25.5 Å². The number of rotatable bonds is 2. The van der Waals surface area contributed by atoms with Crippen molar-refractivity contribution in [2.75, 3.05) is 0 Å². The molecule has 1 amide bonds. The lowest BCUT2D eigenvalue weighted by Crippen LogP contribution is -2.25. The van der Waals surface area contributed by atoms with Gasteiger partial charge in [0.25, 0.3) is 5.91 Å². The molecule has 0 fully saturated rings. The maximum absolute atomic E-state index is 11.9. The van der Waals surface area contributed by atoms with Gasteiger partial charge in [0.05, 0.1) is 5.71 Å². The van der Waals surface area contributed by atoms with Gasteiger partial charge in [0.2, 0.25) is 0 Å². The molecule has 4 heteroatoms. The zero-order valence-electron chi connectivity index (χ0n) is 12.1. The van der Waals surface area contributed by atoms with Gasteiger partial charge in [0.1, 0.15) is 5.75 Å². The molecule has 0 atom stereocenters. The van der Waals surface area contributed by atoms with Crippen LogP contribution in [0.3, 0.4) is 0 Å². The third-order valence-electron chi connectivity index (χ3n) is 3.24. The molecule has 1 aromatic rings. The quantitative estimate of drug-likeness (QED) is 0.812. The fourth-order valence-corrected chi connectivity index (χ4v) is 2.60. The lowest BCUT2D eigenvalue weighted by molar-refractivity contribution is 0.0954. The SMILES string of the molecule is CC1=C/C(=N\NC(=O)c2cccc(O)c2)CC(C)(C)C1. The molecule has 1 aromatic carbocycles. The Morgan fingerprint density at radius 2 is 2.10 bits per heavy atom. The van der Waals surface area contributed by atoms with Gasteiger partial charge in [-0.2, -0.15) is 5.10 Å². The number of hydrogen-bond donors (Lipinski definition) is 2. The predicted molar refractivity (Wildman–Crippen MR) is 79.8 cm³/mol. The minimum Gasteiger partial charge on any atom is -0.508 e. The third kappa shape index (κ3) is 3.70. The molecule has 0 heterocycles. The first kappa shape index (κ1) is 14.3. The second kappa shape index (κ2) is 5.49. The van der Waals surface area contributed by atoms with E-state index in [0.717, 1.165) is 18.6 Å². The number of aromatic hydroxyl groups is 1. The summed E-state index contributed by atoms with van der Waals surface area (Å²) in [5.41, 5.74) is 5.27. The molecule has 0 spiro atoms. The first-order valence-electron chi connectivity index (χ1n) is 6.69. The van der Waals surface area contributed by atoms with Crippen LogP contribution in [0.4, 0.5) is 0 Å². The number of amides is 1. The number of nitrogens with zero attached hydrogens (tertiary/aromatic N) is 1. The number of allylic oxidation sites excluding steroid dienone is 2. The van der Waals surface area contributed by atoms with Crippen molar-refractivity contribution in [2.45, 2.75) is 33.6 Å². The van der Waals surface area contributed by atoms with Crippen molar-refractivity contribution in [3.8, 4) is 5.75 Å². The zero-order chi connectivity index (χ0) is 14.8. The summed E-state index contributed by atoms with van der Waals surface area (Å²) in [6.45, 7) is 6.46. The molecule has 20 heavy (non-hydrogen) atoms. The van der Waals surface area contributed by atoms with E-state index in [1.807, 2.05) is 6.08 Å². The second-order valence-corrected chi connectivity index (χ2v) is 6.10. The maximum atomic E-state index is 11.9. The number of carbonyl (C=O) groups excluding carboxylic acids is 1. The molecule has 0 aromatic heterocycles. The van der Waals surface area contributed by atoms with Crippen LogP contribution in [0.25, 0.3) is 0 Å². The Bertz CT molecular complexity index is 586. The molecule has 2 N–H and O–H groups in total. The number of benzene rings is 1. The molecular formula is C16H20N2O2. The second-order valence-electron chi connectivity index (χ2n) is 6.10. The third-order valence-corrected chi connectivity index (χ3v) is 3.24. The summed E-state index contributed by atoms with van der Waals surface area (Å²) >= 11 is 0. The largest absolute Gasteiger partial charge is 0.508 e. The molecule has 1 aliphatic rings. The standard InChI is InChI=1S/C16H20N2O2/c1-11-7-13(10-16(2,3)9-11)17-18-15(20)12-5-4-6-14(19)8-12/h4-8,19H,9-10H2,1-3H3,(H,18,20)/b17-13+. The summed E-state index contributed by atoms with van der Waals surface area (Å²) in [4.78, 5) is 11.9. The Balaban J connectivity index is 2.09. The van der Waals surface area contributed by atoms with E-state index in [4.69, 9.17) is 0 Å². The van der Waals surface area contributed by atoms with Crippen molar-refractivity contribution in [1.82, 2.24) is 5.43 Å². The smallest absolute Gasteiger partial charge is 0.271 e. The summed E-state index contributed by atoms with van der Waals surface area (Å²) in [7, 11) is 0. The van der Waals surface area contributed by atoms with Gasteiger partial charge in [0.15, 0.2) is 0 Å². The molecule has 0 unspecified atom stereocenters. The van der Waals surface area contributed by atoms with Crippen LogP contribution in [-0.4, -0.2) is 16.7 Å². The Hall–Kier alpha value is -2.10. The summed E-state index contributed by atoms with van der Waals surface area (Å²) < 4.78 is 0. The van der Waals surface area contributed by atoms with Crippen LogP contribution in [0.1, 0.15) is 44.0 Å². The highest BCUT2D eigenvalue weighted by atomic mass is 16.3. The van der Waals surface area contributed by atoms with E-state index in [9.17, 15) is 9.90 Å². The highest BCUT2D eigenvalue weighted by Crippen LogP contribution is 2.33. The van der Waals surface area contributed by atoms with E-state index in [1.54, 1.807) is 12.1 Å². The van der Waals surface area contributed by atoms with E-state index < -0.39 is 0 Å². The highest BCUT2D eigenvalue weighted by molar-refractivity contribution is 5.99. The lowest BCUT2D eigenvalue weighted by Gasteiger charge is -2.29. The molecule has 0 aliphatic heterocycles. The number of nitrogens with one attached hydrogen (secondary N) is 1. The monoisotopic (exact) mass is 272 g/mol. The summed E-state index contributed by atoms with van der Waals surface area (Å²) in [5.74, 6) is -0.248. The molecule has 1 aliphatic carbocycles. The minimum absolute atomic E-state index is 0.0693. The minimum atomic E-state index is -0.317. The first-order valence-corrected chi connectivity index (χ1v) is 6.69. The average Bonchev–Trinajstić information content (AvgIpc) is 2.33. The van der Waals surface area contributed by atoms with E-state index in [-0.39, 0.29) is 17.1 Å². The Labute approximate surface area is 119 Å². The van der Waals surface area contributed by atoms with E-state index in [1.165, 1.54) is 17.7 Å². The molecule has 0 bridgehead atoms. The number of carbonyl (C=O) groups is 1. The topological polar surface area (TPSA) is 61.7 Å². The molecule has 106 valence electrons. The van der Waals surface area contributed by atoms with Crippen molar-refractivity contribution in [3.05, 3.63) is 41.5 Å². The molecule has 4 nitrogen and oxygen atoms in total. The Morgan fingerprint density at radius 3 is 2.75 bits per heavy atom. The molecular weight excluding hydrogens is 252 g/mol. The fraction of sp³-hybridized carbons (Fsp3) is 0.375. The van der Waals surface area contributed by atoms with Crippen LogP contribution < -0.4 is 5.43 Å². The van der Waals surface area contributed by atoms with Crippen molar-refractivity contribution in [1.29, 1.82) is 0 Å². The average molecular weight is 272 g/mol. The highest BCUT2D eigenvalue weighted by Gasteiger charge is 2.24. The van der Waals surface area contributed by atoms with Crippen LogP contribution in [0.15, 0.2) is 41.0 Å². The number of hydrazone groups is 1. The van der Waals surface area contributed by atoms with Gasteiger partial charge in [0, 0.05) is 5.56 Å². The van der Waals surface area contributed by atoms with Gasteiger partial charge in [-0.05, 0) is 49.5 Å². The van der Waals surface area contributed by atoms with Crippen LogP contribution in [0.2, 0.25) is 0 Å². The van der Waals surface area contributed by atoms with Crippen LogP contribution >= 0.6 is 0 Å². The van der Waals surface area contributed by atoms with Crippen LogP contribution in [0, 0.1) is 5.41 Å². The Morgan fingerprint density at radius 1 is 1.35 bits per heavy atom. The molecule has 0 saturated carbocycles. The summed E-state index contributed by atoms with van der Waals surface area (Å²) in [6.07, 6.45) is 3.91. The molecule has 0 radical (unpaired) electrons. The normalized spacial score (nSPS) is 19.6. The van der Waals surface area contributed by atoms with Crippen molar-refractivity contribution < 1.29 is 9.90 Å². The van der Waals surface area contributed by atoms with Crippen LogP contribution in [-0.2, 0) is 0 Å². The summed E-state index contributed by atoms with van der Waals surface area (Å²) in [5, 5.41) is 13.6. The number of phenolic OH excluding ortho intramolecular Hbond substituents is 1. The molecule has 0 saturated heterocycles. The summed E-state index contributed by atoms with van der Waals surface area (Å²) in [6, 6.07) is 6.21. The van der Waals surface area contributed by atoms with Crippen molar-refractivity contribution in [2.24, 2.45) is 10.5 Å². The van der Waals surface area contributed by atoms with Gasteiger partial charge in [-0.3, -0.25) is 4.79 Å². The van der Waals surface area contributed by atoms with Gasteiger partial charge < -0.3 is 5.11 Å². The van der Waals surface area contributed by atoms with Gasteiger partial charge >= 0.3 is 0 Å². The van der Waals surface area contributed by atoms with Gasteiger partial charge in [-0.25, -0.2) is 5.43 Å². The number of hydrogen-bond acceptors (Lipinski definition) is 3. The lowest BCUT2D eigenvalue weighted by atomic mass is 9.77. The van der Waals surface area contributed by atoms with Crippen LogP contribution in [0.5, 0.6) is 5.75 Å².